The molecule has 1 aliphatic heterocycles. The molecule has 1 aromatic carbocycles. The average molecular weight is 429 g/mol. The summed E-state index contributed by atoms with van der Waals surface area (Å²) in [5, 5.41) is 1.62. The SMILES string of the molecule is CCS(=O)(=O)N1CCN(S(=O)(=O)c2ccc(NC(=O)C(F)(F)F)cc2)CC1. The second kappa shape index (κ2) is 7.73. The lowest BCUT2D eigenvalue weighted by atomic mass is 10.3. The number of sulfonamides is 2. The molecular weight excluding hydrogens is 411 g/mol. The molecule has 1 N–H and O–H groups in total. The van der Waals surface area contributed by atoms with Crippen molar-refractivity contribution >= 4 is 31.6 Å². The minimum atomic E-state index is -5.05. The number of amides is 1. The molecule has 0 unspecified atom stereocenters. The van der Waals surface area contributed by atoms with Crippen molar-refractivity contribution in [1.82, 2.24) is 8.61 Å². The third-order valence-electron chi connectivity index (χ3n) is 3.96. The van der Waals surface area contributed by atoms with Crippen molar-refractivity contribution in [3.63, 3.8) is 0 Å². The highest BCUT2D eigenvalue weighted by Crippen LogP contribution is 2.22. The third kappa shape index (κ3) is 4.97. The molecule has 152 valence electrons. The van der Waals surface area contributed by atoms with Gasteiger partial charge in [-0.3, -0.25) is 4.79 Å². The number of hydrogen-bond donors (Lipinski definition) is 1. The van der Waals surface area contributed by atoms with Crippen LogP contribution in [0.15, 0.2) is 29.2 Å². The molecule has 1 aliphatic rings. The number of rotatable bonds is 5. The van der Waals surface area contributed by atoms with Gasteiger partial charge in [0.25, 0.3) is 0 Å². The molecule has 0 aromatic heterocycles. The lowest BCUT2D eigenvalue weighted by Gasteiger charge is -2.33. The summed E-state index contributed by atoms with van der Waals surface area (Å²) in [6.07, 6.45) is -5.05. The third-order valence-corrected chi connectivity index (χ3v) is 7.76. The van der Waals surface area contributed by atoms with E-state index < -0.39 is 32.1 Å². The van der Waals surface area contributed by atoms with Crippen LogP contribution in [0.25, 0.3) is 0 Å². The first-order valence-electron chi connectivity index (χ1n) is 7.84. The van der Waals surface area contributed by atoms with Crippen molar-refractivity contribution in [2.24, 2.45) is 0 Å². The lowest BCUT2D eigenvalue weighted by molar-refractivity contribution is -0.167. The highest BCUT2D eigenvalue weighted by molar-refractivity contribution is 7.89. The smallest absolute Gasteiger partial charge is 0.318 e. The molecule has 0 atom stereocenters. The highest BCUT2D eigenvalue weighted by atomic mass is 32.2. The number of halogens is 3. The summed E-state index contributed by atoms with van der Waals surface area (Å²) in [4.78, 5) is 10.7. The number of carbonyl (C=O) groups is 1. The summed E-state index contributed by atoms with van der Waals surface area (Å²) < 4.78 is 87.8. The maximum Gasteiger partial charge on any atom is 0.471 e. The molecule has 0 aliphatic carbocycles. The van der Waals surface area contributed by atoms with Crippen LogP contribution in [0.1, 0.15) is 6.92 Å². The predicted octanol–water partition coefficient (Wildman–Crippen LogP) is 0.843. The zero-order valence-corrected chi connectivity index (χ0v) is 15.9. The standard InChI is InChI=1S/C14H18F3N3O5S2/c1-2-26(22,23)19-7-9-20(10-8-19)27(24,25)12-5-3-11(4-6-12)18-13(21)14(15,16)17/h3-6H,2,7-10H2,1H3,(H,18,21). The van der Waals surface area contributed by atoms with Crippen LogP contribution in [0.3, 0.4) is 0 Å². The normalized spacial score (nSPS) is 17.6. The molecule has 27 heavy (non-hydrogen) atoms. The highest BCUT2D eigenvalue weighted by Gasteiger charge is 2.38. The van der Waals surface area contributed by atoms with Crippen molar-refractivity contribution < 1.29 is 34.8 Å². The molecule has 1 amide bonds. The molecule has 1 heterocycles. The monoisotopic (exact) mass is 429 g/mol. The Bertz CT molecular complexity index is 891. The maximum absolute atomic E-state index is 12.6. The Morgan fingerprint density at radius 1 is 1.00 bits per heavy atom. The molecule has 0 radical (unpaired) electrons. The summed E-state index contributed by atoms with van der Waals surface area (Å²) >= 11 is 0. The first-order chi connectivity index (χ1) is 12.4. The van der Waals surface area contributed by atoms with Crippen LogP contribution in [0.2, 0.25) is 0 Å². The molecule has 13 heteroatoms. The van der Waals surface area contributed by atoms with Crippen molar-refractivity contribution in [1.29, 1.82) is 0 Å². The lowest BCUT2D eigenvalue weighted by Crippen LogP contribution is -2.50. The first kappa shape index (κ1) is 21.6. The van der Waals surface area contributed by atoms with Crippen LogP contribution in [-0.4, -0.2) is 69.5 Å². The summed E-state index contributed by atoms with van der Waals surface area (Å²) in [7, 11) is -7.34. The topological polar surface area (TPSA) is 104 Å². The van der Waals surface area contributed by atoms with Gasteiger partial charge in [-0.15, -0.1) is 0 Å². The fraction of sp³-hybridized carbons (Fsp3) is 0.500. The van der Waals surface area contributed by atoms with E-state index in [0.717, 1.165) is 28.6 Å². The Morgan fingerprint density at radius 2 is 1.48 bits per heavy atom. The number of benzene rings is 1. The van der Waals surface area contributed by atoms with Gasteiger partial charge in [-0.25, -0.2) is 16.8 Å². The van der Waals surface area contributed by atoms with Crippen LogP contribution >= 0.6 is 0 Å². The Kier molecular flexibility index (Phi) is 6.19. The van der Waals surface area contributed by atoms with Crippen LogP contribution in [-0.2, 0) is 24.8 Å². The van der Waals surface area contributed by atoms with E-state index in [9.17, 15) is 34.8 Å². The van der Waals surface area contributed by atoms with Crippen LogP contribution in [0.4, 0.5) is 18.9 Å². The Labute approximate surface area is 155 Å². The molecule has 2 rings (SSSR count). The van der Waals surface area contributed by atoms with Gasteiger partial charge in [0.2, 0.25) is 20.0 Å². The summed E-state index contributed by atoms with van der Waals surface area (Å²) in [6.45, 7) is 1.48. The molecule has 1 fully saturated rings. The molecule has 0 bridgehead atoms. The molecule has 1 aromatic rings. The van der Waals surface area contributed by atoms with Crippen LogP contribution in [0.5, 0.6) is 0 Å². The fourth-order valence-electron chi connectivity index (χ4n) is 2.43. The van der Waals surface area contributed by atoms with Crippen molar-refractivity contribution in [2.75, 3.05) is 37.2 Å². The van der Waals surface area contributed by atoms with E-state index in [-0.39, 0.29) is 42.5 Å². The molecule has 1 saturated heterocycles. The van der Waals surface area contributed by atoms with Crippen molar-refractivity contribution in [2.45, 2.75) is 18.0 Å². The van der Waals surface area contributed by atoms with Gasteiger partial charge in [-0.05, 0) is 31.2 Å². The van der Waals surface area contributed by atoms with E-state index >= 15 is 0 Å². The predicted molar refractivity (Wildman–Crippen MR) is 90.9 cm³/mol. The average Bonchev–Trinajstić information content (AvgIpc) is 2.61. The van der Waals surface area contributed by atoms with Gasteiger partial charge in [-0.1, -0.05) is 0 Å². The minimum Gasteiger partial charge on any atom is -0.318 e. The zero-order valence-electron chi connectivity index (χ0n) is 14.2. The fourth-order valence-corrected chi connectivity index (χ4v) is 4.94. The van der Waals surface area contributed by atoms with E-state index in [1.165, 1.54) is 11.2 Å². The molecule has 0 saturated carbocycles. The van der Waals surface area contributed by atoms with Gasteiger partial charge in [0.15, 0.2) is 0 Å². The van der Waals surface area contributed by atoms with Crippen molar-refractivity contribution in [3.05, 3.63) is 24.3 Å². The number of carbonyl (C=O) groups excluding carboxylic acids is 1. The minimum absolute atomic E-state index is 0.0229. The van der Waals surface area contributed by atoms with Crippen molar-refractivity contribution in [3.8, 4) is 0 Å². The first-order valence-corrected chi connectivity index (χ1v) is 10.9. The molecular formula is C14H18F3N3O5S2. The Hall–Kier alpha value is -1.70. The molecule has 0 spiro atoms. The van der Waals surface area contributed by atoms with Gasteiger partial charge in [0.1, 0.15) is 0 Å². The van der Waals surface area contributed by atoms with Gasteiger partial charge in [-0.2, -0.15) is 21.8 Å². The molecule has 8 nitrogen and oxygen atoms in total. The quantitative estimate of drug-likeness (QED) is 0.747. The van der Waals surface area contributed by atoms with E-state index in [1.54, 1.807) is 5.32 Å². The van der Waals surface area contributed by atoms with E-state index in [2.05, 4.69) is 0 Å². The summed E-state index contributed by atoms with van der Waals surface area (Å²) in [5.41, 5.74) is -0.199. The second-order valence-corrected chi connectivity index (χ2v) is 9.88. The number of hydrogen-bond acceptors (Lipinski definition) is 5. The van der Waals surface area contributed by atoms with Gasteiger partial charge in [0.05, 0.1) is 10.6 Å². The largest absolute Gasteiger partial charge is 0.471 e. The van der Waals surface area contributed by atoms with Crippen LogP contribution < -0.4 is 5.32 Å². The van der Waals surface area contributed by atoms with E-state index in [0.29, 0.717) is 0 Å². The number of anilines is 1. The summed E-state index contributed by atoms with van der Waals surface area (Å²) in [5.74, 6) is -2.24. The number of nitrogens with one attached hydrogen (secondary N) is 1. The summed E-state index contributed by atoms with van der Waals surface area (Å²) in [6, 6.07) is 4.26. The second-order valence-electron chi connectivity index (χ2n) is 5.68. The Morgan fingerprint density at radius 3 is 1.93 bits per heavy atom. The maximum atomic E-state index is 12.6. The van der Waals surface area contributed by atoms with E-state index in [4.69, 9.17) is 0 Å². The van der Waals surface area contributed by atoms with Gasteiger partial charge < -0.3 is 5.32 Å². The number of piperazine rings is 1. The van der Waals surface area contributed by atoms with E-state index in [1.807, 2.05) is 0 Å². The number of alkyl halides is 3. The van der Waals surface area contributed by atoms with Gasteiger partial charge >= 0.3 is 12.1 Å². The Balaban J connectivity index is 2.08. The van der Waals surface area contributed by atoms with Gasteiger partial charge in [0, 0.05) is 31.9 Å². The van der Waals surface area contributed by atoms with Crippen LogP contribution in [0, 0.1) is 0 Å². The zero-order chi connectivity index (χ0) is 20.5. The number of nitrogens with zero attached hydrogens (tertiary/aromatic N) is 2.